The SMILES string of the molecule is CSc1ccsc1C(=O)Nc1c(C)c(C2CC2)nn1-c1ccccc1. The van der Waals surface area contributed by atoms with Gasteiger partial charge in [0.15, 0.2) is 0 Å². The second-order valence-electron chi connectivity index (χ2n) is 6.15. The van der Waals surface area contributed by atoms with Crippen LogP contribution in [0, 0.1) is 6.92 Å². The fourth-order valence-corrected chi connectivity index (χ4v) is 4.59. The third-order valence-electron chi connectivity index (χ3n) is 4.41. The Kier molecular flexibility index (Phi) is 4.39. The lowest BCUT2D eigenvalue weighted by atomic mass is 10.2. The van der Waals surface area contributed by atoms with Crippen molar-refractivity contribution in [3.63, 3.8) is 0 Å². The molecule has 1 saturated carbocycles. The van der Waals surface area contributed by atoms with Crippen molar-refractivity contribution in [1.29, 1.82) is 0 Å². The molecule has 4 nitrogen and oxygen atoms in total. The largest absolute Gasteiger partial charge is 0.305 e. The summed E-state index contributed by atoms with van der Waals surface area (Å²) in [4.78, 5) is 14.6. The van der Waals surface area contributed by atoms with E-state index in [2.05, 4.69) is 12.2 Å². The molecule has 4 rings (SSSR count). The van der Waals surface area contributed by atoms with E-state index >= 15 is 0 Å². The van der Waals surface area contributed by atoms with Crippen LogP contribution in [-0.4, -0.2) is 21.9 Å². The van der Waals surface area contributed by atoms with E-state index < -0.39 is 0 Å². The molecule has 128 valence electrons. The molecule has 1 aliphatic rings. The Hall–Kier alpha value is -2.05. The highest BCUT2D eigenvalue weighted by Gasteiger charge is 2.31. The van der Waals surface area contributed by atoms with Gasteiger partial charge in [-0.25, -0.2) is 4.68 Å². The molecular weight excluding hydrogens is 350 g/mol. The van der Waals surface area contributed by atoms with Crippen LogP contribution in [0.15, 0.2) is 46.7 Å². The maximum absolute atomic E-state index is 12.8. The van der Waals surface area contributed by atoms with E-state index in [0.717, 1.165) is 32.5 Å². The number of amides is 1. The molecule has 0 aliphatic heterocycles. The number of thioether (sulfide) groups is 1. The van der Waals surface area contributed by atoms with Gasteiger partial charge in [-0.15, -0.1) is 23.1 Å². The Bertz CT molecular complexity index is 910. The molecule has 0 unspecified atom stereocenters. The van der Waals surface area contributed by atoms with Crippen LogP contribution in [0.25, 0.3) is 5.69 Å². The van der Waals surface area contributed by atoms with Gasteiger partial charge in [0.05, 0.1) is 11.4 Å². The van der Waals surface area contributed by atoms with E-state index in [0.29, 0.717) is 5.92 Å². The summed E-state index contributed by atoms with van der Waals surface area (Å²) in [6, 6.07) is 12.0. The fraction of sp³-hybridized carbons (Fsp3) is 0.263. The highest BCUT2D eigenvalue weighted by molar-refractivity contribution is 7.98. The van der Waals surface area contributed by atoms with Crippen molar-refractivity contribution in [3.05, 3.63) is 57.9 Å². The van der Waals surface area contributed by atoms with Crippen LogP contribution >= 0.6 is 23.1 Å². The number of nitrogens with one attached hydrogen (secondary N) is 1. The molecule has 1 amide bonds. The molecule has 2 aromatic heterocycles. The number of anilines is 1. The minimum atomic E-state index is -0.0677. The van der Waals surface area contributed by atoms with E-state index in [1.165, 1.54) is 24.2 Å². The van der Waals surface area contributed by atoms with E-state index in [1.807, 2.05) is 52.7 Å². The second kappa shape index (κ2) is 6.69. The highest BCUT2D eigenvalue weighted by Crippen LogP contribution is 2.43. The fourth-order valence-electron chi connectivity index (χ4n) is 2.95. The Labute approximate surface area is 155 Å². The topological polar surface area (TPSA) is 46.9 Å². The smallest absolute Gasteiger partial charge is 0.268 e. The summed E-state index contributed by atoms with van der Waals surface area (Å²) in [7, 11) is 0. The van der Waals surface area contributed by atoms with Crippen LogP contribution in [-0.2, 0) is 0 Å². The number of hydrogen-bond acceptors (Lipinski definition) is 4. The first-order valence-electron chi connectivity index (χ1n) is 8.27. The standard InChI is InChI=1S/C19H19N3OS2/c1-12-16(13-8-9-13)21-22(14-6-4-3-5-7-14)18(12)20-19(23)17-15(24-2)10-11-25-17/h3-7,10-11,13H,8-9H2,1-2H3,(H,20,23). The summed E-state index contributed by atoms with van der Waals surface area (Å²) in [5, 5.41) is 9.89. The third-order valence-corrected chi connectivity index (χ3v) is 6.23. The van der Waals surface area contributed by atoms with Gasteiger partial charge in [0.1, 0.15) is 10.7 Å². The summed E-state index contributed by atoms with van der Waals surface area (Å²) < 4.78 is 1.87. The summed E-state index contributed by atoms with van der Waals surface area (Å²) in [6.07, 6.45) is 4.35. The van der Waals surface area contributed by atoms with Crippen LogP contribution in [0.3, 0.4) is 0 Å². The van der Waals surface area contributed by atoms with Crippen molar-refractivity contribution < 1.29 is 4.79 Å². The van der Waals surface area contributed by atoms with Gasteiger partial charge in [-0.1, -0.05) is 18.2 Å². The molecule has 3 aromatic rings. The molecular formula is C19H19N3OS2. The number of carbonyl (C=O) groups is 1. The zero-order chi connectivity index (χ0) is 17.4. The van der Waals surface area contributed by atoms with Gasteiger partial charge in [-0.2, -0.15) is 5.10 Å². The lowest BCUT2D eigenvalue weighted by Gasteiger charge is -2.10. The van der Waals surface area contributed by atoms with Gasteiger partial charge in [0.2, 0.25) is 0 Å². The lowest BCUT2D eigenvalue weighted by molar-refractivity contribution is 0.102. The van der Waals surface area contributed by atoms with Crippen molar-refractivity contribution in [2.75, 3.05) is 11.6 Å². The summed E-state index contributed by atoms with van der Waals surface area (Å²) >= 11 is 3.06. The molecule has 0 bridgehead atoms. The van der Waals surface area contributed by atoms with Gasteiger partial charge >= 0.3 is 0 Å². The molecule has 6 heteroatoms. The molecule has 2 heterocycles. The summed E-state index contributed by atoms with van der Waals surface area (Å²) in [5.41, 5.74) is 3.14. The van der Waals surface area contributed by atoms with Gasteiger partial charge < -0.3 is 5.32 Å². The van der Waals surface area contributed by atoms with Crippen LogP contribution in [0.4, 0.5) is 5.82 Å². The molecule has 1 fully saturated rings. The molecule has 0 radical (unpaired) electrons. The quantitative estimate of drug-likeness (QED) is 0.637. The zero-order valence-corrected chi connectivity index (χ0v) is 15.8. The maximum atomic E-state index is 12.8. The van der Waals surface area contributed by atoms with E-state index in [9.17, 15) is 4.79 Å². The van der Waals surface area contributed by atoms with E-state index in [-0.39, 0.29) is 5.91 Å². The first-order valence-corrected chi connectivity index (χ1v) is 10.4. The van der Waals surface area contributed by atoms with Crippen LogP contribution in [0.2, 0.25) is 0 Å². The lowest BCUT2D eigenvalue weighted by Crippen LogP contribution is -2.15. The zero-order valence-electron chi connectivity index (χ0n) is 14.2. The molecule has 1 N–H and O–H groups in total. The van der Waals surface area contributed by atoms with Crippen molar-refractivity contribution in [2.45, 2.75) is 30.6 Å². The second-order valence-corrected chi connectivity index (χ2v) is 7.92. The molecule has 0 saturated heterocycles. The Balaban J connectivity index is 1.74. The van der Waals surface area contributed by atoms with Gasteiger partial charge in [-0.05, 0) is 49.6 Å². The van der Waals surface area contributed by atoms with Crippen molar-refractivity contribution in [2.24, 2.45) is 0 Å². The van der Waals surface area contributed by atoms with Crippen molar-refractivity contribution >= 4 is 34.8 Å². The summed E-state index contributed by atoms with van der Waals surface area (Å²) in [6.45, 7) is 2.06. The molecule has 25 heavy (non-hydrogen) atoms. The van der Waals surface area contributed by atoms with Crippen LogP contribution in [0.1, 0.15) is 39.7 Å². The number of aromatic nitrogens is 2. The van der Waals surface area contributed by atoms with E-state index in [4.69, 9.17) is 5.10 Å². The number of carbonyl (C=O) groups excluding carboxylic acids is 1. The average molecular weight is 370 g/mol. The minimum Gasteiger partial charge on any atom is -0.305 e. The Morgan fingerprint density at radius 1 is 1.28 bits per heavy atom. The van der Waals surface area contributed by atoms with Crippen molar-refractivity contribution in [3.8, 4) is 5.69 Å². The average Bonchev–Trinajstić information content (AvgIpc) is 3.27. The number of rotatable bonds is 5. The van der Waals surface area contributed by atoms with Gasteiger partial charge in [0, 0.05) is 16.4 Å². The first-order chi connectivity index (χ1) is 12.2. The normalized spacial score (nSPS) is 13.8. The number of para-hydroxylation sites is 1. The van der Waals surface area contributed by atoms with Gasteiger partial charge in [0.25, 0.3) is 5.91 Å². The molecule has 0 spiro atoms. The number of hydrogen-bond donors (Lipinski definition) is 1. The Morgan fingerprint density at radius 2 is 2.04 bits per heavy atom. The van der Waals surface area contributed by atoms with E-state index in [1.54, 1.807) is 11.8 Å². The maximum Gasteiger partial charge on any atom is 0.268 e. The molecule has 1 aromatic carbocycles. The van der Waals surface area contributed by atoms with Gasteiger partial charge in [-0.3, -0.25) is 4.79 Å². The third kappa shape index (κ3) is 3.12. The first kappa shape index (κ1) is 16.4. The highest BCUT2D eigenvalue weighted by atomic mass is 32.2. The van der Waals surface area contributed by atoms with Crippen LogP contribution < -0.4 is 5.32 Å². The minimum absolute atomic E-state index is 0.0677. The number of thiophene rings is 1. The number of benzene rings is 1. The summed E-state index contributed by atoms with van der Waals surface area (Å²) in [5.74, 6) is 1.24. The number of nitrogens with zero attached hydrogens (tertiary/aromatic N) is 2. The predicted octanol–water partition coefficient (Wildman–Crippen LogP) is 5.09. The predicted molar refractivity (Wildman–Crippen MR) is 104 cm³/mol. The monoisotopic (exact) mass is 369 g/mol. The van der Waals surface area contributed by atoms with Crippen LogP contribution in [0.5, 0.6) is 0 Å². The molecule has 0 atom stereocenters. The van der Waals surface area contributed by atoms with Crippen molar-refractivity contribution in [1.82, 2.24) is 9.78 Å². The molecule has 1 aliphatic carbocycles. The Morgan fingerprint density at radius 3 is 2.72 bits per heavy atom.